The van der Waals surface area contributed by atoms with Gasteiger partial charge in [-0.1, -0.05) is 20.8 Å². The fraction of sp³-hybridized carbons (Fsp3) is 0.591. The van der Waals surface area contributed by atoms with Crippen LogP contribution in [-0.4, -0.2) is 66.6 Å². The van der Waals surface area contributed by atoms with Crippen LogP contribution >= 0.6 is 11.5 Å². The summed E-state index contributed by atoms with van der Waals surface area (Å²) >= 11 is 1.41. The van der Waals surface area contributed by atoms with E-state index >= 15 is 0 Å². The summed E-state index contributed by atoms with van der Waals surface area (Å²) in [6.07, 6.45) is 2.36. The molecule has 1 unspecified atom stereocenters. The molecule has 8 nitrogen and oxygen atoms in total. The van der Waals surface area contributed by atoms with Crippen LogP contribution in [0.2, 0.25) is 0 Å². The van der Waals surface area contributed by atoms with Crippen LogP contribution in [-0.2, 0) is 20.0 Å². The maximum atomic E-state index is 14.4. The number of likely N-dealkylation sites (tertiary alicyclic amines) is 1. The Morgan fingerprint density at radius 3 is 2.42 bits per heavy atom. The predicted octanol–water partition coefficient (Wildman–Crippen LogP) is 3.03. The smallest absolute Gasteiger partial charge is 0.263 e. The van der Waals surface area contributed by atoms with Crippen LogP contribution in [0.4, 0.5) is 9.52 Å². The maximum Gasteiger partial charge on any atom is 0.263 e. The largest absolute Gasteiger partial charge is 0.477 e. The van der Waals surface area contributed by atoms with Gasteiger partial charge in [0, 0.05) is 55.3 Å². The van der Waals surface area contributed by atoms with Gasteiger partial charge in [0.2, 0.25) is 5.13 Å². The van der Waals surface area contributed by atoms with E-state index < -0.39 is 21.8 Å². The molecule has 2 aliphatic heterocycles. The van der Waals surface area contributed by atoms with Gasteiger partial charge >= 0.3 is 0 Å². The van der Waals surface area contributed by atoms with E-state index in [2.05, 4.69) is 30.0 Å². The Balaban J connectivity index is 1.35. The van der Waals surface area contributed by atoms with Gasteiger partial charge in [-0.25, -0.2) is 17.8 Å². The first kappa shape index (κ1) is 23.9. The molecule has 1 aromatic carbocycles. The van der Waals surface area contributed by atoms with Crippen LogP contribution in [0.5, 0.6) is 5.75 Å². The summed E-state index contributed by atoms with van der Waals surface area (Å²) in [4.78, 5) is 21.6. The Morgan fingerprint density at radius 2 is 1.85 bits per heavy atom. The highest BCUT2D eigenvalue weighted by Gasteiger charge is 2.39. The van der Waals surface area contributed by atoms with Crippen molar-refractivity contribution in [2.45, 2.75) is 62.5 Å². The summed E-state index contributed by atoms with van der Waals surface area (Å²) in [6, 6.07) is 3.60. The number of halogens is 1. The Labute approximate surface area is 197 Å². The molecular formula is C22H29FN4O4S2. The fourth-order valence-electron chi connectivity index (χ4n) is 4.13. The van der Waals surface area contributed by atoms with Gasteiger partial charge in [-0.2, -0.15) is 4.37 Å². The highest BCUT2D eigenvalue weighted by molar-refractivity contribution is 7.90. The molecule has 0 N–H and O–H groups in total. The number of nitrogens with zero attached hydrogens (tertiary/aromatic N) is 4. The lowest BCUT2D eigenvalue weighted by molar-refractivity contribution is -0.135. The van der Waals surface area contributed by atoms with E-state index in [0.717, 1.165) is 49.2 Å². The van der Waals surface area contributed by atoms with E-state index in [4.69, 9.17) is 9.72 Å². The number of ether oxygens (including phenoxy) is 1. The second kappa shape index (κ2) is 8.83. The number of benzene rings is 1. The molecular weight excluding hydrogens is 467 g/mol. The molecule has 0 saturated carbocycles. The average Bonchev–Trinajstić information content (AvgIpc) is 3.37. The average molecular weight is 497 g/mol. The number of hydrogen-bond acceptors (Lipinski definition) is 8. The molecule has 4 rings (SSSR count). The van der Waals surface area contributed by atoms with Crippen LogP contribution < -0.4 is 9.64 Å². The molecule has 1 amide bonds. The van der Waals surface area contributed by atoms with Crippen LogP contribution in [0, 0.1) is 5.82 Å². The van der Waals surface area contributed by atoms with E-state index in [1.54, 1.807) is 0 Å². The lowest BCUT2D eigenvalue weighted by atomic mass is 9.96. The third-order valence-corrected chi connectivity index (χ3v) is 7.94. The van der Waals surface area contributed by atoms with Crippen molar-refractivity contribution in [2.75, 3.05) is 30.8 Å². The monoisotopic (exact) mass is 496 g/mol. The van der Waals surface area contributed by atoms with Gasteiger partial charge < -0.3 is 14.5 Å². The lowest BCUT2D eigenvalue weighted by Gasteiger charge is -2.36. The summed E-state index contributed by atoms with van der Waals surface area (Å²) in [6.45, 7) is 8.42. The number of anilines is 1. The van der Waals surface area contributed by atoms with E-state index in [9.17, 15) is 17.6 Å². The van der Waals surface area contributed by atoms with Gasteiger partial charge in [0.1, 0.15) is 5.82 Å². The molecule has 1 atom stereocenters. The molecule has 2 fully saturated rings. The minimum absolute atomic E-state index is 0.0886. The molecule has 0 spiro atoms. The summed E-state index contributed by atoms with van der Waals surface area (Å²) < 4.78 is 47.7. The molecule has 0 bridgehead atoms. The Kier molecular flexibility index (Phi) is 6.38. The molecule has 33 heavy (non-hydrogen) atoms. The number of amides is 1. The van der Waals surface area contributed by atoms with Crippen LogP contribution in [0.15, 0.2) is 23.1 Å². The molecule has 0 radical (unpaired) electrons. The highest BCUT2D eigenvalue weighted by Crippen LogP contribution is 2.31. The van der Waals surface area contributed by atoms with Crippen molar-refractivity contribution >= 4 is 32.4 Å². The van der Waals surface area contributed by atoms with Gasteiger partial charge in [-0.3, -0.25) is 4.79 Å². The number of sulfone groups is 1. The number of aromatic nitrogens is 2. The van der Waals surface area contributed by atoms with Crippen molar-refractivity contribution in [2.24, 2.45) is 0 Å². The number of hydrogen-bond donors (Lipinski definition) is 0. The zero-order valence-electron chi connectivity index (χ0n) is 19.2. The third-order valence-electron chi connectivity index (χ3n) is 6.05. The standard InChI is InChI=1S/C22H29FN4O4S2/c1-22(2,3)20-24-21(32-25-20)26-10-7-14(8-11-26)27-12-9-18(19(27)28)31-17-6-5-15(13-16(17)23)33(4,29)30/h5-6,13-14,18H,7-12H2,1-4H3. The van der Waals surface area contributed by atoms with Crippen LogP contribution in [0.1, 0.15) is 45.9 Å². The first-order valence-corrected chi connectivity index (χ1v) is 13.7. The summed E-state index contributed by atoms with van der Waals surface area (Å²) in [5, 5.41) is 0.917. The first-order chi connectivity index (χ1) is 15.4. The van der Waals surface area contributed by atoms with Crippen molar-refractivity contribution in [1.29, 1.82) is 0 Å². The van der Waals surface area contributed by atoms with E-state index in [-0.39, 0.29) is 28.0 Å². The zero-order valence-corrected chi connectivity index (χ0v) is 20.9. The van der Waals surface area contributed by atoms with Crippen molar-refractivity contribution in [3.63, 3.8) is 0 Å². The van der Waals surface area contributed by atoms with Crippen LogP contribution in [0.3, 0.4) is 0 Å². The molecule has 2 aromatic rings. The topological polar surface area (TPSA) is 92.7 Å². The summed E-state index contributed by atoms with van der Waals surface area (Å²) in [7, 11) is -3.52. The van der Waals surface area contributed by atoms with Crippen molar-refractivity contribution in [3.8, 4) is 5.75 Å². The quantitative estimate of drug-likeness (QED) is 0.628. The van der Waals surface area contributed by atoms with Gasteiger partial charge in [0.15, 0.2) is 27.5 Å². The maximum absolute atomic E-state index is 14.4. The molecule has 180 valence electrons. The van der Waals surface area contributed by atoms with E-state index in [1.807, 2.05) is 4.90 Å². The minimum atomic E-state index is -3.52. The van der Waals surface area contributed by atoms with Gasteiger partial charge in [-0.15, -0.1) is 0 Å². The highest BCUT2D eigenvalue weighted by atomic mass is 32.2. The molecule has 2 aliphatic rings. The Hall–Kier alpha value is -2.27. The summed E-state index contributed by atoms with van der Waals surface area (Å²) in [5.41, 5.74) is -0.0886. The number of piperidine rings is 1. The van der Waals surface area contributed by atoms with Crippen LogP contribution in [0.25, 0.3) is 0 Å². The Morgan fingerprint density at radius 1 is 1.15 bits per heavy atom. The number of carbonyl (C=O) groups is 1. The SMILES string of the molecule is CC(C)(C)c1nsc(N2CCC(N3CCC(Oc4ccc(S(C)(=O)=O)cc4F)C3=O)CC2)n1. The third kappa shape index (κ3) is 5.13. The molecule has 11 heteroatoms. The van der Waals surface area contributed by atoms with Crippen molar-refractivity contribution in [3.05, 3.63) is 29.8 Å². The first-order valence-electron chi connectivity index (χ1n) is 11.0. The van der Waals surface area contributed by atoms with Gasteiger partial charge in [-0.05, 0) is 31.0 Å². The van der Waals surface area contributed by atoms with Gasteiger partial charge in [0.05, 0.1) is 4.90 Å². The number of carbonyl (C=O) groups excluding carboxylic acids is 1. The second-order valence-electron chi connectivity index (χ2n) is 9.66. The van der Waals surface area contributed by atoms with Crippen molar-refractivity contribution in [1.82, 2.24) is 14.3 Å². The van der Waals surface area contributed by atoms with E-state index in [0.29, 0.717) is 13.0 Å². The lowest BCUT2D eigenvalue weighted by Crippen LogP contribution is -2.47. The second-order valence-corrected chi connectivity index (χ2v) is 12.4. The number of rotatable bonds is 5. The van der Waals surface area contributed by atoms with Gasteiger partial charge in [0.25, 0.3) is 5.91 Å². The Bertz CT molecular complexity index is 1140. The zero-order chi connectivity index (χ0) is 24.0. The summed E-state index contributed by atoms with van der Waals surface area (Å²) in [5.74, 6) is -0.199. The normalized spacial score (nSPS) is 20.5. The molecule has 3 heterocycles. The molecule has 0 aliphatic carbocycles. The van der Waals surface area contributed by atoms with E-state index in [1.165, 1.54) is 23.7 Å². The fourth-order valence-corrected chi connectivity index (χ4v) is 5.67. The van der Waals surface area contributed by atoms with Crippen molar-refractivity contribution < 1.29 is 22.3 Å². The minimum Gasteiger partial charge on any atom is -0.477 e. The predicted molar refractivity (Wildman–Crippen MR) is 124 cm³/mol. The molecule has 2 saturated heterocycles. The molecule has 1 aromatic heterocycles.